The lowest BCUT2D eigenvalue weighted by Gasteiger charge is -2.10. The molecule has 0 saturated heterocycles. The summed E-state index contributed by atoms with van der Waals surface area (Å²) in [4.78, 5) is 3.97. The van der Waals surface area contributed by atoms with E-state index in [4.69, 9.17) is 20.4 Å². The van der Waals surface area contributed by atoms with Gasteiger partial charge in [-0.3, -0.25) is 4.98 Å². The zero-order valence-corrected chi connectivity index (χ0v) is 11.0. The van der Waals surface area contributed by atoms with E-state index in [1.54, 1.807) is 19.4 Å². The van der Waals surface area contributed by atoms with Crippen LogP contribution >= 0.6 is 0 Å². The van der Waals surface area contributed by atoms with Gasteiger partial charge in [-0.2, -0.15) is 0 Å². The third-order valence-electron chi connectivity index (χ3n) is 2.70. The molecule has 0 saturated carbocycles. The number of hydrogen-bond donors (Lipinski definition) is 2. The van der Waals surface area contributed by atoms with Crippen LogP contribution in [0.4, 0.5) is 0 Å². The van der Waals surface area contributed by atoms with Crippen LogP contribution in [-0.2, 0) is 6.61 Å². The number of oxime groups is 1. The fraction of sp³-hybridized carbons (Fsp3) is 0.143. The Balaban J connectivity index is 2.14. The van der Waals surface area contributed by atoms with Gasteiger partial charge in [-0.05, 0) is 23.8 Å². The highest BCUT2D eigenvalue weighted by molar-refractivity contribution is 5.99. The molecule has 0 aliphatic rings. The SMILES string of the molecule is COc1cccc(COc2cnccc2/C(N)=N/O)c1. The summed E-state index contributed by atoms with van der Waals surface area (Å²) >= 11 is 0. The minimum Gasteiger partial charge on any atom is -0.497 e. The molecule has 104 valence electrons. The Kier molecular flexibility index (Phi) is 4.39. The molecule has 0 radical (unpaired) electrons. The van der Waals surface area contributed by atoms with Gasteiger partial charge in [0.25, 0.3) is 0 Å². The summed E-state index contributed by atoms with van der Waals surface area (Å²) in [5.74, 6) is 1.19. The summed E-state index contributed by atoms with van der Waals surface area (Å²) in [6, 6.07) is 9.15. The van der Waals surface area contributed by atoms with E-state index in [2.05, 4.69) is 10.1 Å². The Morgan fingerprint density at radius 3 is 3.00 bits per heavy atom. The maximum Gasteiger partial charge on any atom is 0.173 e. The highest BCUT2D eigenvalue weighted by Gasteiger charge is 2.08. The highest BCUT2D eigenvalue weighted by atomic mass is 16.5. The normalized spacial score (nSPS) is 11.2. The summed E-state index contributed by atoms with van der Waals surface area (Å²) in [7, 11) is 1.61. The molecule has 1 aromatic heterocycles. The Labute approximate surface area is 116 Å². The van der Waals surface area contributed by atoms with Gasteiger partial charge < -0.3 is 20.4 Å². The van der Waals surface area contributed by atoms with Crippen molar-refractivity contribution in [3.8, 4) is 11.5 Å². The number of pyridine rings is 1. The second kappa shape index (κ2) is 6.42. The van der Waals surface area contributed by atoms with E-state index in [1.165, 1.54) is 6.20 Å². The third kappa shape index (κ3) is 3.17. The summed E-state index contributed by atoms with van der Waals surface area (Å²) in [5.41, 5.74) is 7.02. The molecule has 20 heavy (non-hydrogen) atoms. The highest BCUT2D eigenvalue weighted by Crippen LogP contribution is 2.19. The number of nitrogens with two attached hydrogens (primary N) is 1. The van der Waals surface area contributed by atoms with Gasteiger partial charge in [-0.25, -0.2) is 0 Å². The number of rotatable bonds is 5. The first-order valence-corrected chi connectivity index (χ1v) is 5.92. The van der Waals surface area contributed by atoms with Crippen molar-refractivity contribution >= 4 is 5.84 Å². The second-order valence-corrected chi connectivity index (χ2v) is 4.00. The Bertz CT molecular complexity index is 614. The van der Waals surface area contributed by atoms with Crippen LogP contribution in [0, 0.1) is 0 Å². The van der Waals surface area contributed by atoms with Crippen LogP contribution in [0.15, 0.2) is 47.9 Å². The van der Waals surface area contributed by atoms with Crippen molar-refractivity contribution in [1.29, 1.82) is 0 Å². The van der Waals surface area contributed by atoms with E-state index in [1.807, 2.05) is 24.3 Å². The van der Waals surface area contributed by atoms with Crippen molar-refractivity contribution < 1.29 is 14.7 Å². The van der Waals surface area contributed by atoms with E-state index >= 15 is 0 Å². The number of ether oxygens (including phenoxy) is 2. The van der Waals surface area contributed by atoms with Crippen LogP contribution in [-0.4, -0.2) is 23.1 Å². The molecular formula is C14H15N3O3. The van der Waals surface area contributed by atoms with Gasteiger partial charge in [-0.1, -0.05) is 17.3 Å². The van der Waals surface area contributed by atoms with Crippen molar-refractivity contribution in [3.05, 3.63) is 53.9 Å². The molecule has 2 aromatic rings. The summed E-state index contributed by atoms with van der Waals surface area (Å²) in [5, 5.41) is 11.7. The number of hydrogen-bond acceptors (Lipinski definition) is 5. The van der Waals surface area contributed by atoms with E-state index in [0.717, 1.165) is 11.3 Å². The predicted molar refractivity (Wildman–Crippen MR) is 74.1 cm³/mol. The lowest BCUT2D eigenvalue weighted by atomic mass is 10.2. The number of nitrogens with zero attached hydrogens (tertiary/aromatic N) is 2. The van der Waals surface area contributed by atoms with Gasteiger partial charge >= 0.3 is 0 Å². The van der Waals surface area contributed by atoms with E-state index in [-0.39, 0.29) is 5.84 Å². The van der Waals surface area contributed by atoms with Gasteiger partial charge in [0.2, 0.25) is 0 Å². The van der Waals surface area contributed by atoms with Gasteiger partial charge in [0.1, 0.15) is 18.1 Å². The van der Waals surface area contributed by atoms with E-state index < -0.39 is 0 Å². The Hall–Kier alpha value is -2.76. The Morgan fingerprint density at radius 1 is 1.40 bits per heavy atom. The molecule has 2 rings (SSSR count). The fourth-order valence-corrected chi connectivity index (χ4v) is 1.68. The average molecular weight is 273 g/mol. The van der Waals surface area contributed by atoms with Gasteiger partial charge in [0, 0.05) is 6.20 Å². The summed E-state index contributed by atoms with van der Waals surface area (Å²) in [6.45, 7) is 0.328. The first kappa shape index (κ1) is 13.7. The zero-order valence-electron chi connectivity index (χ0n) is 11.0. The average Bonchev–Trinajstić information content (AvgIpc) is 2.52. The molecular weight excluding hydrogens is 258 g/mol. The monoisotopic (exact) mass is 273 g/mol. The van der Waals surface area contributed by atoms with Gasteiger partial charge in [0.15, 0.2) is 5.84 Å². The van der Waals surface area contributed by atoms with Crippen LogP contribution in [0.25, 0.3) is 0 Å². The molecule has 3 N–H and O–H groups in total. The molecule has 0 spiro atoms. The minimum atomic E-state index is -0.0203. The molecule has 0 unspecified atom stereocenters. The van der Waals surface area contributed by atoms with Crippen LogP contribution in [0.1, 0.15) is 11.1 Å². The molecule has 6 nitrogen and oxygen atoms in total. The van der Waals surface area contributed by atoms with Gasteiger partial charge in [0.05, 0.1) is 18.9 Å². The first-order chi connectivity index (χ1) is 9.74. The van der Waals surface area contributed by atoms with Crippen molar-refractivity contribution in [1.82, 2.24) is 4.98 Å². The third-order valence-corrected chi connectivity index (χ3v) is 2.70. The van der Waals surface area contributed by atoms with Crippen molar-refractivity contribution in [3.63, 3.8) is 0 Å². The minimum absolute atomic E-state index is 0.0203. The predicted octanol–water partition coefficient (Wildman–Crippen LogP) is 1.76. The van der Waals surface area contributed by atoms with Crippen molar-refractivity contribution in [2.45, 2.75) is 6.61 Å². The van der Waals surface area contributed by atoms with Gasteiger partial charge in [-0.15, -0.1) is 0 Å². The molecule has 0 bridgehead atoms. The first-order valence-electron chi connectivity index (χ1n) is 5.92. The maximum atomic E-state index is 8.74. The molecule has 0 atom stereocenters. The molecule has 6 heteroatoms. The molecule has 0 aliphatic carbocycles. The second-order valence-electron chi connectivity index (χ2n) is 4.00. The van der Waals surface area contributed by atoms with Crippen molar-refractivity contribution in [2.75, 3.05) is 7.11 Å². The lowest BCUT2D eigenvalue weighted by Crippen LogP contribution is -2.15. The molecule has 1 aromatic carbocycles. The fourth-order valence-electron chi connectivity index (χ4n) is 1.68. The Morgan fingerprint density at radius 2 is 2.25 bits per heavy atom. The van der Waals surface area contributed by atoms with Crippen LogP contribution in [0.2, 0.25) is 0 Å². The largest absolute Gasteiger partial charge is 0.497 e. The topological polar surface area (TPSA) is 90.0 Å². The van der Waals surface area contributed by atoms with Crippen LogP contribution in [0.3, 0.4) is 0 Å². The van der Waals surface area contributed by atoms with Crippen LogP contribution < -0.4 is 15.2 Å². The smallest absolute Gasteiger partial charge is 0.173 e. The van der Waals surface area contributed by atoms with E-state index in [0.29, 0.717) is 17.9 Å². The number of methoxy groups -OCH3 is 1. The molecule has 0 fully saturated rings. The lowest BCUT2D eigenvalue weighted by molar-refractivity contribution is 0.301. The number of benzene rings is 1. The maximum absolute atomic E-state index is 8.74. The standard InChI is InChI=1S/C14H15N3O3/c1-19-11-4-2-3-10(7-11)9-20-13-8-16-6-5-12(13)14(15)17-18/h2-8,18H,9H2,1H3,(H2,15,17). The zero-order chi connectivity index (χ0) is 14.4. The summed E-state index contributed by atoms with van der Waals surface area (Å²) in [6.07, 6.45) is 3.07. The molecule has 0 amide bonds. The number of amidine groups is 1. The molecule has 1 heterocycles. The van der Waals surface area contributed by atoms with Crippen LogP contribution in [0.5, 0.6) is 11.5 Å². The summed E-state index contributed by atoms with van der Waals surface area (Å²) < 4.78 is 10.8. The number of aromatic nitrogens is 1. The molecule has 0 aliphatic heterocycles. The quantitative estimate of drug-likeness (QED) is 0.375. The van der Waals surface area contributed by atoms with E-state index in [9.17, 15) is 0 Å². The van der Waals surface area contributed by atoms with Crippen molar-refractivity contribution in [2.24, 2.45) is 10.9 Å².